The second-order valence-electron chi connectivity index (χ2n) is 4.11. The molecule has 1 aromatic carbocycles. The van der Waals surface area contributed by atoms with E-state index in [4.69, 9.17) is 4.74 Å². The highest BCUT2D eigenvalue weighted by Gasteiger charge is 2.34. The second kappa shape index (κ2) is 2.84. The quantitative estimate of drug-likeness (QED) is 0.610. The van der Waals surface area contributed by atoms with Crippen molar-refractivity contribution in [3.63, 3.8) is 0 Å². The van der Waals surface area contributed by atoms with Crippen molar-refractivity contribution in [2.45, 2.75) is 12.8 Å². The summed E-state index contributed by atoms with van der Waals surface area (Å²) in [5.74, 6) is 2.19. The number of hydrogen-bond acceptors (Lipinski definition) is 2. The van der Waals surface area contributed by atoms with Crippen LogP contribution in [-0.2, 0) is 0 Å². The topological polar surface area (TPSA) is 21.6 Å². The average Bonchev–Trinajstić information content (AvgIpc) is 2.61. The maximum atomic E-state index is 5.65. The van der Waals surface area contributed by atoms with Gasteiger partial charge in [0.2, 0.25) is 0 Å². The number of para-hydroxylation sites is 1. The SMILES string of the molecule is C[C@@H]1CN=C2COc3ccccc3[C@H]21. The third-order valence-electron chi connectivity index (χ3n) is 3.14. The Morgan fingerprint density at radius 3 is 3.14 bits per heavy atom. The first-order valence-electron chi connectivity index (χ1n) is 5.11. The van der Waals surface area contributed by atoms with E-state index in [1.807, 2.05) is 6.07 Å². The maximum absolute atomic E-state index is 5.65. The van der Waals surface area contributed by atoms with Crippen LogP contribution in [0.4, 0.5) is 0 Å². The van der Waals surface area contributed by atoms with Crippen LogP contribution >= 0.6 is 0 Å². The van der Waals surface area contributed by atoms with E-state index in [-0.39, 0.29) is 0 Å². The van der Waals surface area contributed by atoms with Crippen molar-refractivity contribution in [3.8, 4) is 5.75 Å². The Kier molecular flexibility index (Phi) is 1.63. The van der Waals surface area contributed by atoms with E-state index in [0.29, 0.717) is 18.4 Å². The molecule has 0 saturated carbocycles. The molecule has 0 N–H and O–H groups in total. The van der Waals surface area contributed by atoms with Crippen LogP contribution in [0.1, 0.15) is 18.4 Å². The molecule has 0 fully saturated rings. The fourth-order valence-electron chi connectivity index (χ4n) is 2.44. The number of nitrogens with zero attached hydrogens (tertiary/aromatic N) is 1. The van der Waals surface area contributed by atoms with Crippen molar-refractivity contribution in [1.29, 1.82) is 0 Å². The summed E-state index contributed by atoms with van der Waals surface area (Å²) in [5, 5.41) is 0. The Bertz CT molecular complexity index is 397. The van der Waals surface area contributed by atoms with Gasteiger partial charge < -0.3 is 4.74 Å². The van der Waals surface area contributed by atoms with Crippen LogP contribution in [0.2, 0.25) is 0 Å². The van der Waals surface area contributed by atoms with Gasteiger partial charge >= 0.3 is 0 Å². The van der Waals surface area contributed by atoms with Crippen LogP contribution in [0.5, 0.6) is 5.75 Å². The van der Waals surface area contributed by atoms with Crippen molar-refractivity contribution in [2.24, 2.45) is 10.9 Å². The van der Waals surface area contributed by atoms with Gasteiger partial charge in [0, 0.05) is 18.0 Å². The predicted molar refractivity (Wildman–Crippen MR) is 56.1 cm³/mol. The molecule has 3 rings (SSSR count). The van der Waals surface area contributed by atoms with Crippen molar-refractivity contribution in [3.05, 3.63) is 29.8 Å². The van der Waals surface area contributed by atoms with Gasteiger partial charge in [-0.1, -0.05) is 25.1 Å². The fourth-order valence-corrected chi connectivity index (χ4v) is 2.44. The smallest absolute Gasteiger partial charge is 0.127 e. The lowest BCUT2D eigenvalue weighted by Crippen LogP contribution is -2.26. The zero-order valence-corrected chi connectivity index (χ0v) is 8.23. The molecule has 2 atom stereocenters. The number of aliphatic imine (C=N–C) groups is 1. The average molecular weight is 187 g/mol. The van der Waals surface area contributed by atoms with Crippen molar-refractivity contribution in [2.75, 3.05) is 13.2 Å². The van der Waals surface area contributed by atoms with Crippen LogP contribution < -0.4 is 4.74 Å². The van der Waals surface area contributed by atoms with Crippen molar-refractivity contribution >= 4 is 5.71 Å². The molecule has 1 aromatic rings. The summed E-state index contributed by atoms with van der Waals surface area (Å²) in [6, 6.07) is 8.32. The van der Waals surface area contributed by atoms with Gasteiger partial charge in [-0.05, 0) is 12.0 Å². The van der Waals surface area contributed by atoms with E-state index in [2.05, 4.69) is 30.1 Å². The monoisotopic (exact) mass is 187 g/mol. The maximum Gasteiger partial charge on any atom is 0.127 e. The first-order chi connectivity index (χ1) is 6.86. The molecule has 2 heterocycles. The normalized spacial score (nSPS) is 28.8. The summed E-state index contributed by atoms with van der Waals surface area (Å²) in [6.45, 7) is 3.91. The molecule has 14 heavy (non-hydrogen) atoms. The predicted octanol–water partition coefficient (Wildman–Crippen LogP) is 2.25. The number of hydrogen-bond donors (Lipinski definition) is 0. The van der Waals surface area contributed by atoms with E-state index < -0.39 is 0 Å². The van der Waals surface area contributed by atoms with E-state index in [1.54, 1.807) is 0 Å². The Morgan fingerprint density at radius 1 is 1.36 bits per heavy atom. The van der Waals surface area contributed by atoms with Crippen LogP contribution in [0.15, 0.2) is 29.3 Å². The molecule has 0 radical (unpaired) electrons. The van der Waals surface area contributed by atoms with Gasteiger partial charge in [0.25, 0.3) is 0 Å². The van der Waals surface area contributed by atoms with Crippen molar-refractivity contribution < 1.29 is 4.74 Å². The van der Waals surface area contributed by atoms with E-state index >= 15 is 0 Å². The van der Waals surface area contributed by atoms with Crippen molar-refractivity contribution in [1.82, 2.24) is 0 Å². The van der Waals surface area contributed by atoms with Gasteiger partial charge in [-0.25, -0.2) is 0 Å². The molecule has 72 valence electrons. The highest BCUT2D eigenvalue weighted by atomic mass is 16.5. The molecule has 0 aromatic heterocycles. The lowest BCUT2D eigenvalue weighted by atomic mass is 9.84. The molecule has 2 aliphatic heterocycles. The number of fused-ring (bicyclic) bond motifs is 3. The van der Waals surface area contributed by atoms with Gasteiger partial charge in [-0.3, -0.25) is 4.99 Å². The largest absolute Gasteiger partial charge is 0.487 e. The highest BCUT2D eigenvalue weighted by molar-refractivity contribution is 5.95. The van der Waals surface area contributed by atoms with Gasteiger partial charge in [-0.15, -0.1) is 0 Å². The minimum Gasteiger partial charge on any atom is -0.487 e. The molecule has 0 aliphatic carbocycles. The summed E-state index contributed by atoms with van der Waals surface area (Å²) < 4.78 is 5.65. The molecule has 0 spiro atoms. The Hall–Kier alpha value is -1.31. The minimum atomic E-state index is 0.514. The molecule has 2 nitrogen and oxygen atoms in total. The molecular weight excluding hydrogens is 174 g/mol. The summed E-state index contributed by atoms with van der Waals surface area (Å²) in [5.41, 5.74) is 2.55. The van der Waals surface area contributed by atoms with Gasteiger partial charge in [0.1, 0.15) is 12.4 Å². The minimum absolute atomic E-state index is 0.514. The van der Waals surface area contributed by atoms with E-state index in [0.717, 1.165) is 12.3 Å². The first-order valence-corrected chi connectivity index (χ1v) is 5.11. The second-order valence-corrected chi connectivity index (χ2v) is 4.11. The lowest BCUT2D eigenvalue weighted by Gasteiger charge is -2.26. The van der Waals surface area contributed by atoms with Gasteiger partial charge in [0.05, 0.1) is 5.71 Å². The molecule has 0 amide bonds. The van der Waals surface area contributed by atoms with Gasteiger partial charge in [-0.2, -0.15) is 0 Å². The number of rotatable bonds is 0. The Balaban J connectivity index is 2.12. The summed E-state index contributed by atoms with van der Waals surface area (Å²) >= 11 is 0. The molecular formula is C12H13NO. The van der Waals surface area contributed by atoms with E-state index in [9.17, 15) is 0 Å². The molecule has 0 saturated heterocycles. The first kappa shape index (κ1) is 8.04. The highest BCUT2D eigenvalue weighted by Crippen LogP contribution is 2.39. The summed E-state index contributed by atoms with van der Waals surface area (Å²) in [6.07, 6.45) is 0. The van der Waals surface area contributed by atoms with E-state index in [1.165, 1.54) is 11.3 Å². The van der Waals surface area contributed by atoms with Crippen LogP contribution in [0.25, 0.3) is 0 Å². The number of benzene rings is 1. The summed E-state index contributed by atoms with van der Waals surface area (Å²) in [7, 11) is 0. The standard InChI is InChI=1S/C12H13NO/c1-8-6-13-10-7-14-11-5-3-2-4-9(11)12(8)10/h2-5,8,12H,6-7H2,1H3/t8-,12-/m1/s1. The van der Waals surface area contributed by atoms with Crippen LogP contribution in [0, 0.1) is 5.92 Å². The van der Waals surface area contributed by atoms with Gasteiger partial charge in [0.15, 0.2) is 0 Å². The molecule has 2 heteroatoms. The molecule has 0 bridgehead atoms. The lowest BCUT2D eigenvalue weighted by molar-refractivity contribution is 0.350. The van der Waals surface area contributed by atoms with Crippen LogP contribution in [-0.4, -0.2) is 18.9 Å². The number of ether oxygens (including phenoxy) is 1. The third kappa shape index (κ3) is 0.999. The Morgan fingerprint density at radius 2 is 2.21 bits per heavy atom. The fraction of sp³-hybridized carbons (Fsp3) is 0.417. The summed E-state index contributed by atoms with van der Waals surface area (Å²) in [4.78, 5) is 4.53. The Labute approximate surface area is 83.6 Å². The molecule has 2 aliphatic rings. The third-order valence-corrected chi connectivity index (χ3v) is 3.14. The zero-order valence-electron chi connectivity index (χ0n) is 8.23. The van der Waals surface area contributed by atoms with Crippen LogP contribution in [0.3, 0.4) is 0 Å². The zero-order chi connectivity index (χ0) is 9.54. The molecule has 0 unspecified atom stereocenters.